The summed E-state index contributed by atoms with van der Waals surface area (Å²) in [6.45, 7) is 3.06. The third-order valence-corrected chi connectivity index (χ3v) is 4.91. The van der Waals surface area contributed by atoms with Crippen molar-refractivity contribution in [1.29, 1.82) is 0 Å². The Morgan fingerprint density at radius 1 is 0.962 bits per heavy atom. The minimum Gasteiger partial charge on any atom is -0.388 e. The molecule has 0 saturated carbocycles. The highest BCUT2D eigenvalue weighted by Crippen LogP contribution is 2.18. The second-order valence-corrected chi connectivity index (χ2v) is 7.38. The van der Waals surface area contributed by atoms with Gasteiger partial charge in [-0.1, -0.05) is 57.6 Å². The summed E-state index contributed by atoms with van der Waals surface area (Å²) in [5.74, 6) is 0. The molecule has 0 aromatic carbocycles. The fourth-order valence-corrected chi connectivity index (χ4v) is 3.18. The van der Waals surface area contributed by atoms with Crippen LogP contribution in [-0.4, -0.2) is 59.6 Å². The highest BCUT2D eigenvalue weighted by molar-refractivity contribution is 4.87. The number of aliphatic hydroxyl groups is 3. The maximum atomic E-state index is 9.91. The van der Waals surface area contributed by atoms with Gasteiger partial charge in [0.05, 0.1) is 13.2 Å². The van der Waals surface area contributed by atoms with Gasteiger partial charge in [0.1, 0.15) is 24.4 Å². The monoisotopic (exact) mass is 372 g/mol. The SMILES string of the molecule is CCCCCC/C=C/CCCCCCCOC[C@@H](O)[C@@H]1OC[C@H](O)[C@@H]1O. The van der Waals surface area contributed by atoms with Crippen molar-refractivity contribution in [2.45, 2.75) is 102 Å². The molecule has 0 radical (unpaired) electrons. The molecule has 3 N–H and O–H groups in total. The van der Waals surface area contributed by atoms with Crippen molar-refractivity contribution in [2.24, 2.45) is 0 Å². The summed E-state index contributed by atoms with van der Waals surface area (Å²) >= 11 is 0. The van der Waals surface area contributed by atoms with Crippen LogP contribution in [0.3, 0.4) is 0 Å². The van der Waals surface area contributed by atoms with Gasteiger partial charge >= 0.3 is 0 Å². The van der Waals surface area contributed by atoms with Crippen LogP contribution in [0.15, 0.2) is 12.2 Å². The molecule has 0 aromatic heterocycles. The van der Waals surface area contributed by atoms with Crippen LogP contribution in [-0.2, 0) is 9.47 Å². The molecule has 5 heteroatoms. The molecule has 154 valence electrons. The van der Waals surface area contributed by atoms with Crippen molar-refractivity contribution < 1.29 is 24.8 Å². The third-order valence-electron chi connectivity index (χ3n) is 4.91. The van der Waals surface area contributed by atoms with Gasteiger partial charge in [0.25, 0.3) is 0 Å². The van der Waals surface area contributed by atoms with E-state index in [0.717, 1.165) is 12.8 Å². The Balaban J connectivity index is 1.83. The van der Waals surface area contributed by atoms with E-state index in [9.17, 15) is 15.3 Å². The highest BCUT2D eigenvalue weighted by Gasteiger charge is 2.39. The van der Waals surface area contributed by atoms with Crippen molar-refractivity contribution in [2.75, 3.05) is 19.8 Å². The standard InChI is InChI=1S/C21H40O5/c1-2-3-4-5-6-7-8-9-10-11-12-13-14-15-25-16-19(23)21-20(24)18(22)17-26-21/h7-8,18-24H,2-6,9-17H2,1H3/b8-7+/t18-,19+,20-,21-/m0/s1. The minimum atomic E-state index is -1.03. The minimum absolute atomic E-state index is 0.0664. The van der Waals surface area contributed by atoms with Gasteiger partial charge in [-0.25, -0.2) is 0 Å². The lowest BCUT2D eigenvalue weighted by molar-refractivity contribution is -0.0813. The number of hydrogen-bond donors (Lipinski definition) is 3. The van der Waals surface area contributed by atoms with Gasteiger partial charge in [0.2, 0.25) is 0 Å². The van der Waals surface area contributed by atoms with Crippen LogP contribution in [0.1, 0.15) is 77.6 Å². The van der Waals surface area contributed by atoms with Gasteiger partial charge in [-0.3, -0.25) is 0 Å². The van der Waals surface area contributed by atoms with Gasteiger partial charge < -0.3 is 24.8 Å². The van der Waals surface area contributed by atoms with Crippen LogP contribution in [0, 0.1) is 0 Å². The maximum Gasteiger partial charge on any atom is 0.114 e. The summed E-state index contributed by atoms with van der Waals surface area (Å²) < 4.78 is 10.6. The van der Waals surface area contributed by atoms with Crippen LogP contribution < -0.4 is 0 Å². The second-order valence-electron chi connectivity index (χ2n) is 7.38. The predicted molar refractivity (Wildman–Crippen MR) is 104 cm³/mol. The fourth-order valence-electron chi connectivity index (χ4n) is 3.18. The third kappa shape index (κ3) is 10.6. The fraction of sp³-hybridized carbons (Fsp3) is 0.905. The molecule has 0 amide bonds. The lowest BCUT2D eigenvalue weighted by Gasteiger charge is -2.20. The van der Waals surface area contributed by atoms with Gasteiger partial charge in [-0.15, -0.1) is 0 Å². The summed E-state index contributed by atoms with van der Waals surface area (Å²) in [6, 6.07) is 0. The summed E-state index contributed by atoms with van der Waals surface area (Å²) in [5, 5.41) is 29.0. The molecular formula is C21H40O5. The van der Waals surface area contributed by atoms with Gasteiger partial charge in [-0.2, -0.15) is 0 Å². The molecule has 1 saturated heterocycles. The summed E-state index contributed by atoms with van der Waals surface area (Å²) in [7, 11) is 0. The van der Waals surface area contributed by atoms with Crippen molar-refractivity contribution in [3.8, 4) is 0 Å². The largest absolute Gasteiger partial charge is 0.388 e. The molecule has 26 heavy (non-hydrogen) atoms. The average Bonchev–Trinajstić information content (AvgIpc) is 2.97. The van der Waals surface area contributed by atoms with Gasteiger partial charge in [0.15, 0.2) is 0 Å². The van der Waals surface area contributed by atoms with Crippen molar-refractivity contribution in [1.82, 2.24) is 0 Å². The van der Waals surface area contributed by atoms with E-state index in [2.05, 4.69) is 19.1 Å². The Morgan fingerprint density at radius 3 is 2.19 bits per heavy atom. The van der Waals surface area contributed by atoms with E-state index in [0.29, 0.717) is 6.61 Å². The predicted octanol–water partition coefficient (Wildman–Crippen LogP) is 3.35. The Labute approximate surface area is 159 Å². The molecule has 0 unspecified atom stereocenters. The van der Waals surface area contributed by atoms with E-state index < -0.39 is 24.4 Å². The molecule has 1 aliphatic rings. The summed E-state index contributed by atoms with van der Waals surface area (Å²) in [4.78, 5) is 0. The van der Waals surface area contributed by atoms with Crippen LogP contribution >= 0.6 is 0 Å². The molecule has 5 nitrogen and oxygen atoms in total. The first kappa shape index (κ1) is 23.6. The zero-order valence-corrected chi connectivity index (χ0v) is 16.5. The van der Waals surface area contributed by atoms with E-state index >= 15 is 0 Å². The van der Waals surface area contributed by atoms with Crippen LogP contribution in [0.4, 0.5) is 0 Å². The van der Waals surface area contributed by atoms with E-state index in [1.54, 1.807) is 0 Å². The number of rotatable bonds is 16. The van der Waals surface area contributed by atoms with Gasteiger partial charge in [0, 0.05) is 6.61 Å². The molecule has 1 rings (SSSR count). The van der Waals surface area contributed by atoms with Crippen LogP contribution in [0.5, 0.6) is 0 Å². The zero-order chi connectivity index (χ0) is 19.0. The van der Waals surface area contributed by atoms with E-state index in [4.69, 9.17) is 9.47 Å². The molecule has 0 bridgehead atoms. The molecular weight excluding hydrogens is 332 g/mol. The highest BCUT2D eigenvalue weighted by atomic mass is 16.5. The van der Waals surface area contributed by atoms with E-state index in [1.807, 2.05) is 0 Å². The van der Waals surface area contributed by atoms with E-state index in [1.165, 1.54) is 57.8 Å². The van der Waals surface area contributed by atoms with Crippen LogP contribution in [0.2, 0.25) is 0 Å². The summed E-state index contributed by atoms with van der Waals surface area (Å²) in [5.41, 5.74) is 0. The number of aliphatic hydroxyl groups excluding tert-OH is 3. The molecule has 1 fully saturated rings. The van der Waals surface area contributed by atoms with E-state index in [-0.39, 0.29) is 13.2 Å². The Hall–Kier alpha value is -0.460. The number of allylic oxidation sites excluding steroid dienone is 2. The quantitative estimate of drug-likeness (QED) is 0.286. The van der Waals surface area contributed by atoms with Crippen molar-refractivity contribution >= 4 is 0 Å². The Morgan fingerprint density at radius 2 is 1.58 bits per heavy atom. The molecule has 1 heterocycles. The van der Waals surface area contributed by atoms with Crippen molar-refractivity contribution in [3.05, 3.63) is 12.2 Å². The van der Waals surface area contributed by atoms with Gasteiger partial charge in [-0.05, 0) is 32.1 Å². The summed E-state index contributed by atoms with van der Waals surface area (Å²) in [6.07, 6.45) is 14.7. The Kier molecular flexibility index (Phi) is 14.1. The molecule has 1 aliphatic heterocycles. The lowest BCUT2D eigenvalue weighted by atomic mass is 10.1. The number of hydrogen-bond acceptors (Lipinski definition) is 5. The molecule has 0 aromatic rings. The normalized spacial score (nSPS) is 24.5. The smallest absolute Gasteiger partial charge is 0.114 e. The maximum absolute atomic E-state index is 9.91. The number of unbranched alkanes of at least 4 members (excludes halogenated alkanes) is 9. The van der Waals surface area contributed by atoms with Crippen LogP contribution in [0.25, 0.3) is 0 Å². The first-order chi connectivity index (χ1) is 12.7. The Bertz CT molecular complexity index is 347. The molecule has 4 atom stereocenters. The zero-order valence-electron chi connectivity index (χ0n) is 16.5. The molecule has 0 spiro atoms. The first-order valence-electron chi connectivity index (χ1n) is 10.5. The van der Waals surface area contributed by atoms with Crippen molar-refractivity contribution in [3.63, 3.8) is 0 Å². The second kappa shape index (κ2) is 15.6. The first-order valence-corrected chi connectivity index (χ1v) is 10.5. The molecule has 0 aliphatic carbocycles. The average molecular weight is 373 g/mol. The lowest BCUT2D eigenvalue weighted by Crippen LogP contribution is -2.40. The topological polar surface area (TPSA) is 79.2 Å². The number of ether oxygens (including phenoxy) is 2.